The first-order valence-electron chi connectivity index (χ1n) is 9.34. The molecule has 0 aliphatic heterocycles. The fourth-order valence-corrected chi connectivity index (χ4v) is 4.02. The van der Waals surface area contributed by atoms with Crippen LogP contribution in [0.4, 0.5) is 0 Å². The SMILES string of the molecule is COc1cccc(CSc2nccn3nc(-c4ccc(C(C)C)cc4)cc23)c1. The Hall–Kier alpha value is -2.79. The van der Waals surface area contributed by atoms with Gasteiger partial charge in [0.05, 0.1) is 18.3 Å². The minimum atomic E-state index is 0.527. The zero-order chi connectivity index (χ0) is 19.5. The third-order valence-electron chi connectivity index (χ3n) is 4.74. The average Bonchev–Trinajstić information content (AvgIpc) is 3.17. The lowest BCUT2D eigenvalue weighted by Crippen LogP contribution is -1.92. The van der Waals surface area contributed by atoms with Gasteiger partial charge in [0.1, 0.15) is 10.8 Å². The molecule has 28 heavy (non-hydrogen) atoms. The summed E-state index contributed by atoms with van der Waals surface area (Å²) in [5, 5.41) is 5.72. The predicted molar refractivity (Wildman–Crippen MR) is 115 cm³/mol. The van der Waals surface area contributed by atoms with Crippen LogP contribution < -0.4 is 4.74 Å². The Kier molecular flexibility index (Phi) is 5.35. The maximum Gasteiger partial charge on any atom is 0.122 e. The quantitative estimate of drug-likeness (QED) is 0.390. The molecule has 5 heteroatoms. The van der Waals surface area contributed by atoms with Crippen molar-refractivity contribution in [3.05, 3.63) is 78.1 Å². The Labute approximate surface area is 169 Å². The lowest BCUT2D eigenvalue weighted by atomic mass is 10.0. The largest absolute Gasteiger partial charge is 0.497 e. The molecule has 4 rings (SSSR count). The smallest absolute Gasteiger partial charge is 0.122 e. The number of aromatic nitrogens is 3. The van der Waals surface area contributed by atoms with E-state index in [0.29, 0.717) is 5.92 Å². The number of thioether (sulfide) groups is 1. The van der Waals surface area contributed by atoms with Gasteiger partial charge >= 0.3 is 0 Å². The van der Waals surface area contributed by atoms with E-state index >= 15 is 0 Å². The molecule has 0 radical (unpaired) electrons. The highest BCUT2D eigenvalue weighted by atomic mass is 32.2. The van der Waals surface area contributed by atoms with E-state index in [0.717, 1.165) is 33.3 Å². The lowest BCUT2D eigenvalue weighted by molar-refractivity contribution is 0.414. The molecule has 0 atom stereocenters. The molecule has 0 unspecified atom stereocenters. The minimum absolute atomic E-state index is 0.527. The van der Waals surface area contributed by atoms with E-state index in [4.69, 9.17) is 9.84 Å². The van der Waals surface area contributed by atoms with Crippen LogP contribution in [0.25, 0.3) is 16.8 Å². The molecule has 2 aromatic carbocycles. The van der Waals surface area contributed by atoms with Crippen molar-refractivity contribution in [2.45, 2.75) is 30.5 Å². The summed E-state index contributed by atoms with van der Waals surface area (Å²) < 4.78 is 7.22. The summed E-state index contributed by atoms with van der Waals surface area (Å²) >= 11 is 1.71. The number of methoxy groups -OCH3 is 1. The zero-order valence-corrected chi connectivity index (χ0v) is 17.1. The molecule has 142 valence electrons. The van der Waals surface area contributed by atoms with Gasteiger partial charge in [0.25, 0.3) is 0 Å². The standard InChI is InChI=1S/C23H23N3OS/c1-16(2)18-7-9-19(10-8-18)21-14-22-23(24-11-12-26(22)25-21)28-15-17-5-4-6-20(13-17)27-3/h4-14,16H,15H2,1-3H3. The molecule has 0 saturated heterocycles. The van der Waals surface area contributed by atoms with Gasteiger partial charge in [-0.2, -0.15) is 5.10 Å². The number of rotatable bonds is 6. The van der Waals surface area contributed by atoms with Crippen LogP contribution in [0.2, 0.25) is 0 Å². The van der Waals surface area contributed by atoms with Crippen LogP contribution in [0.1, 0.15) is 30.9 Å². The molecule has 2 aromatic heterocycles. The first-order valence-corrected chi connectivity index (χ1v) is 10.3. The maximum atomic E-state index is 5.31. The maximum absolute atomic E-state index is 5.31. The zero-order valence-electron chi connectivity index (χ0n) is 16.3. The van der Waals surface area contributed by atoms with Gasteiger partial charge in [-0.25, -0.2) is 9.50 Å². The summed E-state index contributed by atoms with van der Waals surface area (Å²) in [7, 11) is 1.69. The summed E-state index contributed by atoms with van der Waals surface area (Å²) in [5.41, 5.74) is 5.66. The Morgan fingerprint density at radius 2 is 1.89 bits per heavy atom. The molecule has 4 nitrogen and oxygen atoms in total. The first kappa shape index (κ1) is 18.6. The van der Waals surface area contributed by atoms with Crippen molar-refractivity contribution in [1.82, 2.24) is 14.6 Å². The molecule has 0 bridgehead atoms. The van der Waals surface area contributed by atoms with E-state index in [2.05, 4.69) is 61.3 Å². The van der Waals surface area contributed by atoms with E-state index in [1.807, 2.05) is 22.8 Å². The van der Waals surface area contributed by atoms with Crippen LogP contribution in [0.3, 0.4) is 0 Å². The molecule has 0 aliphatic carbocycles. The number of fused-ring (bicyclic) bond motifs is 1. The van der Waals surface area contributed by atoms with E-state index in [1.165, 1.54) is 11.1 Å². The molecule has 0 aliphatic rings. The number of ether oxygens (including phenoxy) is 1. The number of benzene rings is 2. The van der Waals surface area contributed by atoms with Gasteiger partial charge in [0, 0.05) is 23.7 Å². The highest BCUT2D eigenvalue weighted by Crippen LogP contribution is 2.29. The van der Waals surface area contributed by atoms with Crippen molar-refractivity contribution >= 4 is 17.3 Å². The number of hydrogen-bond donors (Lipinski definition) is 0. The topological polar surface area (TPSA) is 39.4 Å². The van der Waals surface area contributed by atoms with Crippen LogP contribution in [-0.2, 0) is 5.75 Å². The van der Waals surface area contributed by atoms with Crippen molar-refractivity contribution in [3.8, 4) is 17.0 Å². The van der Waals surface area contributed by atoms with E-state index in [-0.39, 0.29) is 0 Å². The Bertz CT molecular complexity index is 1090. The van der Waals surface area contributed by atoms with Crippen LogP contribution in [0.15, 0.2) is 72.0 Å². The van der Waals surface area contributed by atoms with Gasteiger partial charge in [0.15, 0.2) is 0 Å². The summed E-state index contributed by atoms with van der Waals surface area (Å²) in [6.45, 7) is 4.41. The Balaban J connectivity index is 1.59. The second kappa shape index (κ2) is 8.07. The average molecular weight is 390 g/mol. The molecule has 2 heterocycles. The summed E-state index contributed by atoms with van der Waals surface area (Å²) in [4.78, 5) is 4.58. The third-order valence-corrected chi connectivity index (χ3v) is 5.80. The normalized spacial score (nSPS) is 11.3. The molecule has 0 N–H and O–H groups in total. The van der Waals surface area contributed by atoms with Crippen LogP contribution >= 0.6 is 11.8 Å². The minimum Gasteiger partial charge on any atom is -0.497 e. The van der Waals surface area contributed by atoms with E-state index in [9.17, 15) is 0 Å². The van der Waals surface area contributed by atoms with Crippen molar-refractivity contribution in [3.63, 3.8) is 0 Å². The van der Waals surface area contributed by atoms with Crippen LogP contribution in [0.5, 0.6) is 5.75 Å². The molecule has 0 amide bonds. The third kappa shape index (κ3) is 3.90. The number of hydrogen-bond acceptors (Lipinski definition) is 4. The van der Waals surface area contributed by atoms with Gasteiger partial charge in [-0.1, -0.05) is 62.0 Å². The highest BCUT2D eigenvalue weighted by molar-refractivity contribution is 7.98. The van der Waals surface area contributed by atoms with Gasteiger partial charge in [-0.15, -0.1) is 0 Å². The molecule has 0 saturated carbocycles. The van der Waals surface area contributed by atoms with E-state index in [1.54, 1.807) is 25.1 Å². The summed E-state index contributed by atoms with van der Waals surface area (Å²) in [6, 6.07) is 18.9. The van der Waals surface area contributed by atoms with Gasteiger partial charge in [0.2, 0.25) is 0 Å². The molecular weight excluding hydrogens is 366 g/mol. The number of nitrogens with zero attached hydrogens (tertiary/aromatic N) is 3. The lowest BCUT2D eigenvalue weighted by Gasteiger charge is -2.05. The van der Waals surface area contributed by atoms with Crippen LogP contribution in [0, 0.1) is 0 Å². The molecule has 4 aromatic rings. The van der Waals surface area contributed by atoms with Gasteiger partial charge < -0.3 is 4.74 Å². The van der Waals surface area contributed by atoms with Gasteiger partial charge in [-0.3, -0.25) is 0 Å². The monoisotopic (exact) mass is 389 g/mol. The first-order chi connectivity index (χ1) is 13.6. The fourth-order valence-electron chi connectivity index (χ4n) is 3.10. The van der Waals surface area contributed by atoms with Crippen LogP contribution in [-0.4, -0.2) is 21.7 Å². The second-order valence-corrected chi connectivity index (χ2v) is 7.97. The van der Waals surface area contributed by atoms with Crippen molar-refractivity contribution in [2.75, 3.05) is 7.11 Å². The highest BCUT2D eigenvalue weighted by Gasteiger charge is 2.10. The van der Waals surface area contributed by atoms with Crippen molar-refractivity contribution in [2.24, 2.45) is 0 Å². The second-order valence-electron chi connectivity index (χ2n) is 7.01. The molecule has 0 spiro atoms. The Morgan fingerprint density at radius 1 is 1.07 bits per heavy atom. The fraction of sp³-hybridized carbons (Fsp3) is 0.217. The van der Waals surface area contributed by atoms with Gasteiger partial charge in [-0.05, 0) is 35.2 Å². The summed E-state index contributed by atoms with van der Waals surface area (Å²) in [6.07, 6.45) is 3.70. The Morgan fingerprint density at radius 3 is 2.64 bits per heavy atom. The predicted octanol–water partition coefficient (Wildman–Crippen LogP) is 5.82. The van der Waals surface area contributed by atoms with Crippen molar-refractivity contribution in [1.29, 1.82) is 0 Å². The molecule has 0 fully saturated rings. The summed E-state index contributed by atoms with van der Waals surface area (Å²) in [5.74, 6) is 2.23. The van der Waals surface area contributed by atoms with Crippen molar-refractivity contribution < 1.29 is 4.74 Å². The van der Waals surface area contributed by atoms with E-state index < -0.39 is 0 Å². The molecular formula is C23H23N3OS.